The van der Waals surface area contributed by atoms with Crippen LogP contribution in [0.25, 0.3) is 0 Å². The predicted octanol–water partition coefficient (Wildman–Crippen LogP) is 0.457. The fourth-order valence-corrected chi connectivity index (χ4v) is 0. The molecular formula is F2NiSn. The van der Waals surface area contributed by atoms with Crippen molar-refractivity contribution >= 4 is 23.9 Å². The number of halogens is 2. The Balaban J connectivity index is 0. The van der Waals surface area contributed by atoms with Crippen LogP contribution >= 0.6 is 0 Å². The Labute approximate surface area is 46.6 Å². The van der Waals surface area contributed by atoms with Gasteiger partial charge in [0.05, 0.1) is 0 Å². The van der Waals surface area contributed by atoms with E-state index in [-0.39, 0.29) is 23.9 Å². The number of hydrogen-bond acceptors (Lipinski definition) is 0. The van der Waals surface area contributed by atoms with E-state index in [1.54, 1.807) is 0 Å². The second-order valence-electron chi connectivity index (χ2n) is 0.0452. The summed E-state index contributed by atoms with van der Waals surface area (Å²) < 4.78 is 19.1. The Kier molecular flexibility index (Phi) is 19.9. The molecule has 0 aliphatic rings. The first-order valence-electron chi connectivity index (χ1n) is 0.239. The van der Waals surface area contributed by atoms with Crippen LogP contribution in [0.2, 0.25) is 0 Å². The van der Waals surface area contributed by atoms with Crippen LogP contribution in [0.5, 0.6) is 0 Å². The Bertz CT molecular complexity index is 6.00. The average molecular weight is 215 g/mol. The van der Waals surface area contributed by atoms with Crippen LogP contribution in [0.4, 0.5) is 7.21 Å². The summed E-state index contributed by atoms with van der Waals surface area (Å²) in [5.41, 5.74) is 0. The molecule has 0 spiro atoms. The first kappa shape index (κ1) is 8.94. The van der Waals surface area contributed by atoms with Crippen LogP contribution in [0.15, 0.2) is 0 Å². The van der Waals surface area contributed by atoms with E-state index in [0.717, 1.165) is 0 Å². The van der Waals surface area contributed by atoms with Gasteiger partial charge in [0.15, 0.2) is 0 Å². The van der Waals surface area contributed by atoms with Gasteiger partial charge in [0, 0.05) is 23.9 Å². The summed E-state index contributed by atoms with van der Waals surface area (Å²) in [6, 6.07) is 0. The third-order valence-electron chi connectivity index (χ3n) is 0. The van der Waals surface area contributed by atoms with Gasteiger partial charge >= 0.3 is 22.5 Å². The molecule has 0 fully saturated rings. The normalized spacial score (nSPS) is 5.50. The minimum atomic E-state index is -1.38. The van der Waals surface area contributed by atoms with E-state index in [1.807, 2.05) is 0 Å². The van der Waals surface area contributed by atoms with E-state index < -0.39 is 15.3 Å². The van der Waals surface area contributed by atoms with Crippen molar-refractivity contribution in [2.45, 2.75) is 0 Å². The summed E-state index contributed by atoms with van der Waals surface area (Å²) in [4.78, 5) is 0. The summed E-state index contributed by atoms with van der Waals surface area (Å²) >= 11 is -1.38. The van der Waals surface area contributed by atoms with Crippen LogP contribution in [0.3, 0.4) is 0 Å². The van der Waals surface area contributed by atoms with E-state index in [4.69, 9.17) is 0 Å². The molecule has 28 valence electrons. The molecule has 0 bridgehead atoms. The van der Waals surface area contributed by atoms with Gasteiger partial charge in [0.25, 0.3) is 0 Å². The molecule has 0 saturated heterocycles. The SMILES string of the molecule is [F][Ni][F].[Sn]. The van der Waals surface area contributed by atoms with Crippen LogP contribution in [-0.4, -0.2) is 23.9 Å². The second-order valence-corrected chi connectivity index (χ2v) is 0.186. The molecule has 0 aromatic rings. The number of rotatable bonds is 0. The smallest absolute Gasteiger partial charge is 0 e. The van der Waals surface area contributed by atoms with E-state index in [0.29, 0.717) is 0 Å². The first-order valence-corrected chi connectivity index (χ1v) is 0.986. The van der Waals surface area contributed by atoms with Crippen LogP contribution < -0.4 is 0 Å². The van der Waals surface area contributed by atoms with Gasteiger partial charge in [0.1, 0.15) is 0 Å². The van der Waals surface area contributed by atoms with Gasteiger partial charge < -0.3 is 0 Å². The minimum absolute atomic E-state index is 0. The molecule has 4 radical (unpaired) electrons. The Morgan fingerprint density at radius 2 is 1.25 bits per heavy atom. The summed E-state index contributed by atoms with van der Waals surface area (Å²) in [7, 11) is 0. The van der Waals surface area contributed by atoms with Gasteiger partial charge in [-0.2, -0.15) is 0 Å². The van der Waals surface area contributed by atoms with Crippen LogP contribution in [-0.2, 0) is 15.3 Å². The van der Waals surface area contributed by atoms with Crippen molar-refractivity contribution in [3.8, 4) is 0 Å². The first-order chi connectivity index (χ1) is 1.41. The van der Waals surface area contributed by atoms with E-state index >= 15 is 0 Å². The molecule has 4 heavy (non-hydrogen) atoms. The van der Waals surface area contributed by atoms with Gasteiger partial charge in [-0.1, -0.05) is 0 Å². The van der Waals surface area contributed by atoms with Gasteiger partial charge in [-0.3, -0.25) is 0 Å². The second kappa shape index (κ2) is 8.91. The van der Waals surface area contributed by atoms with E-state index in [2.05, 4.69) is 0 Å². The van der Waals surface area contributed by atoms with Gasteiger partial charge in [-0.25, -0.2) is 0 Å². The molecule has 0 saturated carbocycles. The average Bonchev–Trinajstić information content (AvgIpc) is 0.918. The van der Waals surface area contributed by atoms with Crippen molar-refractivity contribution in [1.82, 2.24) is 0 Å². The monoisotopic (exact) mass is 216 g/mol. The van der Waals surface area contributed by atoms with E-state index in [9.17, 15) is 7.21 Å². The standard InChI is InChI=1S/2FH.Ni.Sn/h2*1H;;/q;;+2;/p-2. The van der Waals surface area contributed by atoms with Crippen molar-refractivity contribution in [3.05, 3.63) is 0 Å². The Morgan fingerprint density at radius 1 is 1.25 bits per heavy atom. The molecule has 0 aliphatic carbocycles. The molecule has 0 unspecified atom stereocenters. The largest absolute Gasteiger partial charge is 0 e. The fourth-order valence-electron chi connectivity index (χ4n) is 0. The zero-order valence-electron chi connectivity index (χ0n) is 1.57. The molecular weight excluding hydrogens is 215 g/mol. The summed E-state index contributed by atoms with van der Waals surface area (Å²) in [6.07, 6.45) is 0. The van der Waals surface area contributed by atoms with Crippen molar-refractivity contribution in [2.24, 2.45) is 0 Å². The summed E-state index contributed by atoms with van der Waals surface area (Å²) in [6.45, 7) is 0. The van der Waals surface area contributed by atoms with E-state index in [1.165, 1.54) is 0 Å². The maximum atomic E-state index is 9.56. The molecule has 0 aromatic carbocycles. The van der Waals surface area contributed by atoms with Crippen LogP contribution in [0.1, 0.15) is 0 Å². The molecule has 0 nitrogen and oxygen atoms in total. The Morgan fingerprint density at radius 3 is 1.25 bits per heavy atom. The molecule has 0 rings (SSSR count). The molecule has 0 N–H and O–H groups in total. The van der Waals surface area contributed by atoms with Crippen molar-refractivity contribution in [3.63, 3.8) is 0 Å². The molecule has 0 heterocycles. The van der Waals surface area contributed by atoms with Crippen molar-refractivity contribution in [2.75, 3.05) is 0 Å². The topological polar surface area (TPSA) is 0 Å². The third-order valence-corrected chi connectivity index (χ3v) is 0. The maximum Gasteiger partial charge on any atom is 0 e. The zero-order valence-corrected chi connectivity index (χ0v) is 5.41. The quantitative estimate of drug-likeness (QED) is 0.515. The molecule has 0 atom stereocenters. The van der Waals surface area contributed by atoms with Gasteiger partial charge in [-0.15, -0.1) is 0 Å². The summed E-state index contributed by atoms with van der Waals surface area (Å²) in [5, 5.41) is 0. The molecule has 0 amide bonds. The molecule has 4 heteroatoms. The minimum Gasteiger partial charge on any atom is 0 e. The Hall–Kier alpha value is 1.15. The van der Waals surface area contributed by atoms with Gasteiger partial charge in [0.2, 0.25) is 0 Å². The van der Waals surface area contributed by atoms with Crippen LogP contribution in [0, 0.1) is 0 Å². The maximum absolute atomic E-state index is 9.56. The third kappa shape index (κ3) is 11.0. The summed E-state index contributed by atoms with van der Waals surface area (Å²) in [5.74, 6) is 0. The fraction of sp³-hybridized carbons (Fsp3) is 0. The van der Waals surface area contributed by atoms with Crippen molar-refractivity contribution in [1.29, 1.82) is 0 Å². The molecule has 0 aromatic heterocycles. The van der Waals surface area contributed by atoms with Crippen molar-refractivity contribution < 1.29 is 22.5 Å². The predicted molar refractivity (Wildman–Crippen MR) is 7.97 cm³/mol. The number of hydrogen-bond donors (Lipinski definition) is 0. The van der Waals surface area contributed by atoms with Gasteiger partial charge in [-0.05, 0) is 0 Å². The molecule has 0 aliphatic heterocycles. The zero-order chi connectivity index (χ0) is 2.71.